The van der Waals surface area contributed by atoms with Gasteiger partial charge in [-0.15, -0.1) is 0 Å². The normalized spacial score (nSPS) is 11.7. The zero-order valence-corrected chi connectivity index (χ0v) is 30.6. The molecule has 294 valence electrons. The standard InChI is InChI=1S/C36H54N12O6/c37-45-31(25-43-29-15-11-27(12-16-29)35(51)41-19-7-3-1-5-9-33(49)47-53)23-39-21-22-40-24-32(46-38)26-44-30-17-13-28(14-18-30)36(52)42-20-8-4-2-6-10-34(50)48-54/h11-18,23-24,43-44,53-54H,1-10,19-22,25-26,37-38H2,(H,41,51)(H,42,52)(H,47,49)(H,48,50)/p+1. The second-order valence-corrected chi connectivity index (χ2v) is 12.1. The summed E-state index contributed by atoms with van der Waals surface area (Å²) in [7, 11) is 0. The van der Waals surface area contributed by atoms with E-state index in [1.807, 2.05) is 0 Å². The number of unbranched alkanes of at least 4 members (excludes halogenated alkanes) is 6. The van der Waals surface area contributed by atoms with Crippen molar-refractivity contribution in [2.45, 2.75) is 64.2 Å². The topological polar surface area (TPSA) is 284 Å². The Morgan fingerprint density at radius 3 is 1.52 bits per heavy atom. The zero-order valence-electron chi connectivity index (χ0n) is 30.6. The molecule has 0 aliphatic carbocycles. The molecule has 0 fully saturated rings. The summed E-state index contributed by atoms with van der Waals surface area (Å²) in [5, 5.41) is 36.8. The van der Waals surface area contributed by atoms with Crippen LogP contribution in [0.25, 0.3) is 0 Å². The Balaban J connectivity index is 1.62. The largest absolute Gasteiger partial charge is 0.379 e. The first kappa shape index (κ1) is 44.3. The van der Waals surface area contributed by atoms with Crippen LogP contribution in [-0.4, -0.2) is 97.2 Å². The third kappa shape index (κ3) is 19.7. The molecule has 0 saturated heterocycles. The number of benzene rings is 2. The lowest BCUT2D eigenvalue weighted by Gasteiger charge is -2.08. The van der Waals surface area contributed by atoms with Crippen LogP contribution < -0.4 is 48.9 Å². The fraction of sp³-hybridized carbons (Fsp3) is 0.444. The van der Waals surface area contributed by atoms with Gasteiger partial charge in [0.1, 0.15) is 5.71 Å². The number of amides is 4. The van der Waals surface area contributed by atoms with Crippen molar-refractivity contribution < 1.29 is 34.6 Å². The maximum Gasteiger partial charge on any atom is 0.251 e. The molecule has 0 spiro atoms. The van der Waals surface area contributed by atoms with Crippen molar-refractivity contribution in [1.82, 2.24) is 21.6 Å². The van der Waals surface area contributed by atoms with Gasteiger partial charge in [-0.1, -0.05) is 25.7 Å². The van der Waals surface area contributed by atoms with Crippen molar-refractivity contribution in [2.75, 3.05) is 49.9 Å². The number of carbonyl (C=O) groups excluding carboxylic acids is 4. The third-order valence-corrected chi connectivity index (χ3v) is 7.95. The molecular weight excluding hydrogens is 696 g/mol. The predicted molar refractivity (Wildman–Crippen MR) is 209 cm³/mol. The maximum atomic E-state index is 12.4. The molecule has 2 aromatic carbocycles. The molecule has 0 atom stereocenters. The van der Waals surface area contributed by atoms with Gasteiger partial charge in [0.15, 0.2) is 12.8 Å². The summed E-state index contributed by atoms with van der Waals surface area (Å²) in [6.07, 6.45) is 10.3. The number of anilines is 2. The Kier molecular flexibility index (Phi) is 22.7. The summed E-state index contributed by atoms with van der Waals surface area (Å²) in [5.41, 5.74) is 7.01. The quantitative estimate of drug-likeness (QED) is 0.0197. The molecule has 0 saturated carbocycles. The van der Waals surface area contributed by atoms with Crippen LogP contribution in [0.15, 0.2) is 63.7 Å². The Labute approximate surface area is 315 Å². The second-order valence-electron chi connectivity index (χ2n) is 12.1. The van der Waals surface area contributed by atoms with Crippen LogP contribution in [0.5, 0.6) is 0 Å². The van der Waals surface area contributed by atoms with E-state index in [1.165, 1.54) is 0 Å². The fourth-order valence-corrected chi connectivity index (χ4v) is 4.86. The summed E-state index contributed by atoms with van der Waals surface area (Å²) in [4.78, 5) is 54.3. The Bertz CT molecular complexity index is 1430. The van der Waals surface area contributed by atoms with Gasteiger partial charge in [-0.25, -0.2) is 16.0 Å². The van der Waals surface area contributed by atoms with E-state index >= 15 is 0 Å². The average molecular weight is 752 g/mol. The molecule has 18 heteroatoms. The first-order valence-corrected chi connectivity index (χ1v) is 18.0. The number of nitrogens with two attached hydrogens (primary N) is 2. The molecule has 18 nitrogen and oxygen atoms in total. The summed E-state index contributed by atoms with van der Waals surface area (Å²) < 4.78 is 0. The maximum absolute atomic E-state index is 12.4. The minimum atomic E-state index is -0.391. The smallest absolute Gasteiger partial charge is 0.251 e. The monoisotopic (exact) mass is 751 g/mol. The molecule has 0 bridgehead atoms. The number of hydrogen-bond acceptors (Lipinski definition) is 13. The van der Waals surface area contributed by atoms with E-state index in [2.05, 4.69) is 41.5 Å². The van der Waals surface area contributed by atoms with Crippen LogP contribution in [0.2, 0.25) is 0 Å². The van der Waals surface area contributed by atoms with Crippen molar-refractivity contribution in [1.29, 1.82) is 0 Å². The molecule has 13 N–H and O–H groups in total. The number of hydrogen-bond donors (Lipinski definition) is 11. The van der Waals surface area contributed by atoms with Crippen LogP contribution >= 0.6 is 0 Å². The highest BCUT2D eigenvalue weighted by molar-refractivity contribution is 6.32. The number of nitrogens with one attached hydrogen (secondary N) is 7. The fourth-order valence-electron chi connectivity index (χ4n) is 4.86. The Hall–Kier alpha value is -5.88. The Morgan fingerprint density at radius 1 is 0.630 bits per heavy atom. The van der Waals surface area contributed by atoms with Crippen molar-refractivity contribution in [3.05, 3.63) is 59.7 Å². The third-order valence-electron chi connectivity index (χ3n) is 7.95. The van der Waals surface area contributed by atoms with Gasteiger partial charge in [0.05, 0.1) is 25.3 Å². The number of rotatable bonds is 27. The lowest BCUT2D eigenvalue weighted by molar-refractivity contribution is -0.446. The van der Waals surface area contributed by atoms with Crippen molar-refractivity contribution in [2.24, 2.45) is 26.9 Å². The van der Waals surface area contributed by atoms with Gasteiger partial charge in [-0.05, 0) is 74.2 Å². The molecule has 54 heavy (non-hydrogen) atoms. The van der Waals surface area contributed by atoms with Gasteiger partial charge >= 0.3 is 0 Å². The Morgan fingerprint density at radius 2 is 1.07 bits per heavy atom. The molecule has 0 unspecified atom stereocenters. The van der Waals surface area contributed by atoms with Gasteiger partial charge in [-0.2, -0.15) is 10.2 Å². The minimum absolute atomic E-state index is 0.161. The van der Waals surface area contributed by atoms with Gasteiger partial charge < -0.3 is 33.0 Å². The van der Waals surface area contributed by atoms with Gasteiger partial charge in [0.25, 0.3) is 11.8 Å². The summed E-state index contributed by atoms with van der Waals surface area (Å²) in [6, 6.07) is 14.1. The van der Waals surface area contributed by atoms with Gasteiger partial charge in [0, 0.05) is 54.6 Å². The second kappa shape index (κ2) is 27.7. The van der Waals surface area contributed by atoms with Gasteiger partial charge in [0.2, 0.25) is 11.8 Å². The van der Waals surface area contributed by atoms with Crippen LogP contribution in [0.4, 0.5) is 11.4 Å². The zero-order chi connectivity index (χ0) is 39.2. The number of hydroxylamine groups is 2. The van der Waals surface area contributed by atoms with E-state index < -0.39 is 11.8 Å². The number of aliphatic imine (C=N–C) groups is 1. The van der Waals surface area contributed by atoms with E-state index in [0.29, 0.717) is 74.7 Å². The molecular formula is C36H55N12O6+. The molecule has 0 heterocycles. The molecule has 0 aliphatic heterocycles. The van der Waals surface area contributed by atoms with Crippen molar-refractivity contribution in [3.63, 3.8) is 0 Å². The van der Waals surface area contributed by atoms with Crippen LogP contribution in [0, 0.1) is 0 Å². The predicted octanol–water partition coefficient (Wildman–Crippen LogP) is 0.434. The SMILES string of the molecule is NN=C(C=NCC[NH+]=CC(CNc1ccc(C(=O)NCCCCCCC(=O)NO)cc1)=NN)CNc1ccc(C(=O)NCCCCCCC(=O)NO)cc1. The minimum Gasteiger partial charge on any atom is -0.379 e. The first-order chi connectivity index (χ1) is 26.3. The van der Waals surface area contributed by atoms with E-state index in [0.717, 1.165) is 49.9 Å². The lowest BCUT2D eigenvalue weighted by atomic mass is 10.1. The molecule has 0 aliphatic rings. The number of hydrazone groups is 2. The van der Waals surface area contributed by atoms with Crippen LogP contribution in [-0.2, 0) is 9.59 Å². The van der Waals surface area contributed by atoms with E-state index in [-0.39, 0.29) is 24.7 Å². The van der Waals surface area contributed by atoms with E-state index in [1.54, 1.807) is 71.9 Å². The molecule has 4 amide bonds. The summed E-state index contributed by atoms with van der Waals surface area (Å²) >= 11 is 0. The average Bonchev–Trinajstić information content (AvgIpc) is 3.20. The summed E-state index contributed by atoms with van der Waals surface area (Å²) in [5.74, 6) is 9.99. The first-order valence-electron chi connectivity index (χ1n) is 18.0. The number of carbonyl (C=O) groups is 4. The highest BCUT2D eigenvalue weighted by Crippen LogP contribution is 2.11. The molecule has 2 rings (SSSR count). The molecule has 0 radical (unpaired) electrons. The van der Waals surface area contributed by atoms with Gasteiger partial charge in [-0.3, -0.25) is 34.6 Å². The van der Waals surface area contributed by atoms with Crippen molar-refractivity contribution >= 4 is 58.9 Å². The van der Waals surface area contributed by atoms with E-state index in [9.17, 15) is 19.2 Å². The summed E-state index contributed by atoms with van der Waals surface area (Å²) in [6.45, 7) is 2.72. The highest BCUT2D eigenvalue weighted by Gasteiger charge is 2.08. The highest BCUT2D eigenvalue weighted by atomic mass is 16.5. The van der Waals surface area contributed by atoms with Crippen molar-refractivity contribution in [3.8, 4) is 0 Å². The van der Waals surface area contributed by atoms with Crippen LogP contribution in [0.3, 0.4) is 0 Å². The van der Waals surface area contributed by atoms with E-state index in [4.69, 9.17) is 22.1 Å². The number of nitrogens with zero attached hydrogens (tertiary/aromatic N) is 3. The molecule has 0 aromatic heterocycles. The van der Waals surface area contributed by atoms with Crippen LogP contribution in [0.1, 0.15) is 84.9 Å². The molecule has 2 aromatic rings. The lowest BCUT2D eigenvalue weighted by Crippen LogP contribution is -2.71.